The summed E-state index contributed by atoms with van der Waals surface area (Å²) in [5.41, 5.74) is 3.38. The highest BCUT2D eigenvalue weighted by Gasteiger charge is 2.13. The molecule has 29 heavy (non-hydrogen) atoms. The number of ether oxygens (including phenoxy) is 1. The van der Waals surface area contributed by atoms with E-state index in [-0.39, 0.29) is 11.9 Å². The van der Waals surface area contributed by atoms with Crippen molar-refractivity contribution in [1.29, 1.82) is 0 Å². The van der Waals surface area contributed by atoms with Crippen LogP contribution in [0.25, 0.3) is 22.6 Å². The third kappa shape index (κ3) is 4.32. The van der Waals surface area contributed by atoms with Crippen molar-refractivity contribution in [3.8, 4) is 28.3 Å². The monoisotopic (exact) mass is 385 g/mol. The first-order valence-corrected chi connectivity index (χ1v) is 9.26. The minimum Gasteiger partial charge on any atom is -0.494 e. The highest BCUT2D eigenvalue weighted by Crippen LogP contribution is 2.23. The van der Waals surface area contributed by atoms with Gasteiger partial charge in [-0.05, 0) is 54.4 Å². The minimum atomic E-state index is -0.313. The molecule has 1 amide bonds. The van der Waals surface area contributed by atoms with Crippen molar-refractivity contribution in [2.45, 2.75) is 6.92 Å². The van der Waals surface area contributed by atoms with Gasteiger partial charge in [0, 0.05) is 11.1 Å². The largest absolute Gasteiger partial charge is 0.494 e. The topological polar surface area (TPSA) is 77.3 Å². The molecule has 0 unspecified atom stereocenters. The summed E-state index contributed by atoms with van der Waals surface area (Å²) < 4.78 is 11.0. The third-order valence-electron chi connectivity index (χ3n) is 4.31. The van der Waals surface area contributed by atoms with E-state index in [2.05, 4.69) is 15.5 Å². The van der Waals surface area contributed by atoms with Gasteiger partial charge in [-0.3, -0.25) is 10.1 Å². The molecular formula is C23H19N3O3. The first-order chi connectivity index (χ1) is 14.2. The van der Waals surface area contributed by atoms with Crippen LogP contribution in [0.5, 0.6) is 5.75 Å². The number of nitrogens with zero attached hydrogens (tertiary/aromatic N) is 2. The van der Waals surface area contributed by atoms with Crippen LogP contribution in [0.15, 0.2) is 83.3 Å². The van der Waals surface area contributed by atoms with Crippen LogP contribution in [-0.4, -0.2) is 22.7 Å². The maximum absolute atomic E-state index is 12.5. The fourth-order valence-electron chi connectivity index (χ4n) is 2.86. The molecule has 0 radical (unpaired) electrons. The van der Waals surface area contributed by atoms with E-state index in [0.29, 0.717) is 18.1 Å². The molecule has 0 saturated carbocycles. The van der Waals surface area contributed by atoms with E-state index in [1.165, 1.54) is 0 Å². The first-order valence-electron chi connectivity index (χ1n) is 9.26. The van der Waals surface area contributed by atoms with E-state index in [9.17, 15) is 4.79 Å². The Morgan fingerprint density at radius 1 is 0.862 bits per heavy atom. The molecule has 0 aliphatic heterocycles. The molecule has 144 valence electrons. The Balaban J connectivity index is 1.44. The zero-order valence-electron chi connectivity index (χ0n) is 15.8. The van der Waals surface area contributed by atoms with Gasteiger partial charge >= 0.3 is 6.01 Å². The molecule has 6 nitrogen and oxygen atoms in total. The van der Waals surface area contributed by atoms with Crippen LogP contribution >= 0.6 is 0 Å². The fourth-order valence-corrected chi connectivity index (χ4v) is 2.86. The third-order valence-corrected chi connectivity index (χ3v) is 4.31. The molecule has 0 aliphatic carbocycles. The number of rotatable bonds is 6. The number of anilines is 1. The van der Waals surface area contributed by atoms with Gasteiger partial charge in [0.1, 0.15) is 5.75 Å². The predicted octanol–water partition coefficient (Wildman–Crippen LogP) is 5.05. The summed E-state index contributed by atoms with van der Waals surface area (Å²) in [4.78, 5) is 12.5. The summed E-state index contributed by atoms with van der Waals surface area (Å²) in [7, 11) is 0. The molecule has 0 aliphatic rings. The molecule has 1 aromatic heterocycles. The molecule has 0 fully saturated rings. The summed E-state index contributed by atoms with van der Waals surface area (Å²) in [5, 5.41) is 10.5. The minimum absolute atomic E-state index is 0.0472. The molecule has 4 rings (SSSR count). The Labute approximate surface area is 168 Å². The predicted molar refractivity (Wildman–Crippen MR) is 111 cm³/mol. The summed E-state index contributed by atoms with van der Waals surface area (Å²) in [5.74, 6) is 0.775. The zero-order valence-corrected chi connectivity index (χ0v) is 15.8. The van der Waals surface area contributed by atoms with Crippen LogP contribution in [0, 0.1) is 0 Å². The number of amides is 1. The van der Waals surface area contributed by atoms with Crippen molar-refractivity contribution in [3.63, 3.8) is 0 Å². The summed E-state index contributed by atoms with van der Waals surface area (Å²) in [6, 6.07) is 24.7. The summed E-state index contributed by atoms with van der Waals surface area (Å²) >= 11 is 0. The molecule has 3 aromatic carbocycles. The molecule has 1 heterocycles. The standard InChI is InChI=1S/C23H19N3O3/c1-2-28-20-14-12-19(13-15-20)22-25-26-23(29-22)24-21(27)18-10-8-17(9-11-18)16-6-4-3-5-7-16/h3-15H,2H2,1H3,(H,24,26,27). The maximum atomic E-state index is 12.5. The number of hydrogen-bond acceptors (Lipinski definition) is 5. The lowest BCUT2D eigenvalue weighted by Gasteiger charge is -2.04. The van der Waals surface area contributed by atoms with Gasteiger partial charge in [-0.1, -0.05) is 47.6 Å². The summed E-state index contributed by atoms with van der Waals surface area (Å²) in [6.07, 6.45) is 0. The van der Waals surface area contributed by atoms with Gasteiger partial charge in [0.05, 0.1) is 6.61 Å². The second-order valence-electron chi connectivity index (χ2n) is 6.27. The van der Waals surface area contributed by atoms with Crippen molar-refractivity contribution in [3.05, 3.63) is 84.4 Å². The molecule has 0 spiro atoms. The van der Waals surface area contributed by atoms with Crippen molar-refractivity contribution >= 4 is 11.9 Å². The van der Waals surface area contributed by atoms with Gasteiger partial charge in [-0.2, -0.15) is 0 Å². The lowest BCUT2D eigenvalue weighted by atomic mass is 10.0. The molecule has 0 bridgehead atoms. The molecule has 6 heteroatoms. The van der Waals surface area contributed by atoms with Crippen LogP contribution in [0.3, 0.4) is 0 Å². The van der Waals surface area contributed by atoms with Crippen LogP contribution < -0.4 is 10.1 Å². The van der Waals surface area contributed by atoms with E-state index in [1.54, 1.807) is 12.1 Å². The van der Waals surface area contributed by atoms with Crippen LogP contribution in [0.4, 0.5) is 6.01 Å². The zero-order chi connectivity index (χ0) is 20.1. The maximum Gasteiger partial charge on any atom is 0.322 e. The van der Waals surface area contributed by atoms with Gasteiger partial charge in [0.15, 0.2) is 0 Å². The highest BCUT2D eigenvalue weighted by atomic mass is 16.5. The van der Waals surface area contributed by atoms with Crippen molar-refractivity contribution < 1.29 is 13.9 Å². The SMILES string of the molecule is CCOc1ccc(-c2nnc(NC(=O)c3ccc(-c4ccccc4)cc3)o2)cc1. The van der Waals surface area contributed by atoms with E-state index in [1.807, 2.05) is 73.7 Å². The van der Waals surface area contributed by atoms with E-state index in [4.69, 9.17) is 9.15 Å². The molecule has 0 atom stereocenters. The Morgan fingerprint density at radius 3 is 2.21 bits per heavy atom. The van der Waals surface area contributed by atoms with E-state index < -0.39 is 0 Å². The van der Waals surface area contributed by atoms with Gasteiger partial charge in [0.25, 0.3) is 5.91 Å². The number of hydrogen-bond donors (Lipinski definition) is 1. The molecule has 4 aromatic rings. The number of carbonyl (C=O) groups is 1. The second-order valence-corrected chi connectivity index (χ2v) is 6.27. The molecular weight excluding hydrogens is 366 g/mol. The van der Waals surface area contributed by atoms with Crippen LogP contribution in [0.1, 0.15) is 17.3 Å². The lowest BCUT2D eigenvalue weighted by Crippen LogP contribution is -2.11. The van der Waals surface area contributed by atoms with E-state index in [0.717, 1.165) is 22.4 Å². The number of carbonyl (C=O) groups excluding carboxylic acids is 1. The average Bonchev–Trinajstić information content (AvgIpc) is 3.24. The fraction of sp³-hybridized carbons (Fsp3) is 0.0870. The number of benzene rings is 3. The Bertz CT molecular complexity index is 1090. The molecule has 0 saturated heterocycles. The summed E-state index contributed by atoms with van der Waals surface area (Å²) in [6.45, 7) is 2.53. The Morgan fingerprint density at radius 2 is 1.52 bits per heavy atom. The number of aromatic nitrogens is 2. The second kappa shape index (κ2) is 8.39. The van der Waals surface area contributed by atoms with Gasteiger partial charge in [-0.25, -0.2) is 0 Å². The van der Waals surface area contributed by atoms with Crippen LogP contribution in [0.2, 0.25) is 0 Å². The van der Waals surface area contributed by atoms with Crippen molar-refractivity contribution in [2.75, 3.05) is 11.9 Å². The highest BCUT2D eigenvalue weighted by molar-refractivity contribution is 6.03. The quantitative estimate of drug-likeness (QED) is 0.502. The lowest BCUT2D eigenvalue weighted by molar-refractivity contribution is 0.102. The Kier molecular flexibility index (Phi) is 5.33. The Hall–Kier alpha value is -3.93. The average molecular weight is 385 g/mol. The first kappa shape index (κ1) is 18.4. The number of nitrogens with one attached hydrogen (secondary N) is 1. The normalized spacial score (nSPS) is 10.5. The van der Waals surface area contributed by atoms with E-state index >= 15 is 0 Å². The van der Waals surface area contributed by atoms with Crippen molar-refractivity contribution in [2.24, 2.45) is 0 Å². The van der Waals surface area contributed by atoms with Crippen molar-refractivity contribution in [1.82, 2.24) is 10.2 Å². The molecule has 1 N–H and O–H groups in total. The smallest absolute Gasteiger partial charge is 0.322 e. The van der Waals surface area contributed by atoms with Gasteiger partial charge < -0.3 is 9.15 Å². The van der Waals surface area contributed by atoms with Gasteiger partial charge in [0.2, 0.25) is 5.89 Å². The van der Waals surface area contributed by atoms with Crippen LogP contribution in [-0.2, 0) is 0 Å². The van der Waals surface area contributed by atoms with Gasteiger partial charge in [-0.15, -0.1) is 5.10 Å².